The number of hydrogen-bond acceptors (Lipinski definition) is 2. The van der Waals surface area contributed by atoms with Crippen molar-refractivity contribution in [2.24, 2.45) is 0 Å². The van der Waals surface area contributed by atoms with Crippen LogP contribution in [0.15, 0.2) is 16.6 Å². The van der Waals surface area contributed by atoms with Gasteiger partial charge >= 0.3 is 0 Å². The third-order valence-electron chi connectivity index (χ3n) is 3.56. The maximum Gasteiger partial charge on any atom is 0.150 e. The fourth-order valence-electron chi connectivity index (χ4n) is 2.30. The highest BCUT2D eigenvalue weighted by Crippen LogP contribution is 2.29. The van der Waals surface area contributed by atoms with Gasteiger partial charge in [-0.25, -0.2) is 8.78 Å². The smallest absolute Gasteiger partial charge is 0.150 e. The van der Waals surface area contributed by atoms with Crippen LogP contribution in [0, 0.1) is 11.6 Å². The second kappa shape index (κ2) is 5.53. The van der Waals surface area contributed by atoms with E-state index in [1.54, 1.807) is 0 Å². The molecule has 1 aromatic carbocycles. The van der Waals surface area contributed by atoms with Gasteiger partial charge in [0.25, 0.3) is 0 Å². The summed E-state index contributed by atoms with van der Waals surface area (Å²) in [5, 5.41) is 3.18. The van der Waals surface area contributed by atoms with Gasteiger partial charge in [-0.1, -0.05) is 0 Å². The molecule has 2 atom stereocenters. The zero-order valence-electron chi connectivity index (χ0n) is 10.5. The summed E-state index contributed by atoms with van der Waals surface area (Å²) in [6.45, 7) is 3.14. The zero-order chi connectivity index (χ0) is 13.3. The quantitative estimate of drug-likeness (QED) is 0.896. The lowest BCUT2D eigenvalue weighted by atomic mass is 9.98. The van der Waals surface area contributed by atoms with Crippen LogP contribution in [-0.4, -0.2) is 30.6 Å². The topological polar surface area (TPSA) is 15.3 Å². The summed E-state index contributed by atoms with van der Waals surface area (Å²) in [4.78, 5) is 2.29. The Balaban J connectivity index is 2.10. The average Bonchev–Trinajstić information content (AvgIpc) is 2.28. The van der Waals surface area contributed by atoms with Crippen molar-refractivity contribution in [3.8, 4) is 0 Å². The Labute approximate surface area is 114 Å². The Bertz CT molecular complexity index is 416. The number of nitrogens with one attached hydrogen (secondary N) is 1. The Morgan fingerprint density at radius 1 is 1.39 bits per heavy atom. The molecule has 1 N–H and O–H groups in total. The van der Waals surface area contributed by atoms with Crippen molar-refractivity contribution in [2.75, 3.05) is 18.9 Å². The highest BCUT2D eigenvalue weighted by molar-refractivity contribution is 9.10. The predicted molar refractivity (Wildman–Crippen MR) is 72.8 cm³/mol. The average molecular weight is 319 g/mol. The molecule has 1 fully saturated rings. The number of piperidine rings is 1. The number of rotatable bonds is 2. The van der Waals surface area contributed by atoms with Crippen LogP contribution in [0.4, 0.5) is 14.5 Å². The molecular formula is C13H17BrF2N2. The summed E-state index contributed by atoms with van der Waals surface area (Å²) in [7, 11) is 2.09. The van der Waals surface area contributed by atoms with Gasteiger partial charge in [0.05, 0.1) is 5.69 Å². The first-order chi connectivity index (χ1) is 8.47. The molecule has 0 aliphatic carbocycles. The van der Waals surface area contributed by atoms with Crippen LogP contribution < -0.4 is 5.32 Å². The van der Waals surface area contributed by atoms with Gasteiger partial charge in [0.15, 0.2) is 0 Å². The van der Waals surface area contributed by atoms with Gasteiger partial charge in [-0.2, -0.15) is 0 Å². The van der Waals surface area contributed by atoms with Crippen molar-refractivity contribution in [1.82, 2.24) is 4.90 Å². The van der Waals surface area contributed by atoms with Crippen molar-refractivity contribution < 1.29 is 8.78 Å². The highest BCUT2D eigenvalue weighted by Gasteiger charge is 2.24. The van der Waals surface area contributed by atoms with E-state index < -0.39 is 11.6 Å². The fourth-order valence-corrected chi connectivity index (χ4v) is 2.83. The number of nitrogens with zero attached hydrogens (tertiary/aromatic N) is 1. The van der Waals surface area contributed by atoms with Crippen LogP contribution in [-0.2, 0) is 0 Å². The molecule has 0 saturated carbocycles. The number of anilines is 1. The van der Waals surface area contributed by atoms with Gasteiger partial charge in [-0.3, -0.25) is 0 Å². The summed E-state index contributed by atoms with van der Waals surface area (Å²) >= 11 is 3.20. The molecule has 1 aliphatic rings. The van der Waals surface area contributed by atoms with E-state index in [9.17, 15) is 8.78 Å². The second-order valence-electron chi connectivity index (χ2n) is 4.94. The van der Waals surface area contributed by atoms with Gasteiger partial charge in [0, 0.05) is 29.2 Å². The summed E-state index contributed by atoms with van der Waals surface area (Å²) < 4.78 is 27.1. The summed E-state index contributed by atoms with van der Waals surface area (Å²) in [6.07, 6.45) is 1.92. The molecule has 100 valence electrons. The molecule has 0 amide bonds. The van der Waals surface area contributed by atoms with E-state index in [1.165, 1.54) is 6.07 Å². The van der Waals surface area contributed by atoms with E-state index >= 15 is 0 Å². The third-order valence-corrected chi connectivity index (χ3v) is 4.19. The van der Waals surface area contributed by atoms with E-state index in [4.69, 9.17) is 0 Å². The van der Waals surface area contributed by atoms with Crippen LogP contribution in [0.5, 0.6) is 0 Å². The minimum atomic E-state index is -0.568. The molecule has 2 nitrogen and oxygen atoms in total. The second-order valence-corrected chi connectivity index (χ2v) is 5.79. The lowest BCUT2D eigenvalue weighted by molar-refractivity contribution is 0.190. The van der Waals surface area contributed by atoms with Crippen molar-refractivity contribution in [1.29, 1.82) is 0 Å². The molecule has 1 aliphatic heterocycles. The molecule has 0 bridgehead atoms. The van der Waals surface area contributed by atoms with E-state index in [-0.39, 0.29) is 6.04 Å². The minimum Gasteiger partial charge on any atom is -0.379 e. The molecule has 18 heavy (non-hydrogen) atoms. The molecule has 0 aromatic heterocycles. The lowest BCUT2D eigenvalue weighted by Crippen LogP contribution is -2.42. The Morgan fingerprint density at radius 2 is 2.11 bits per heavy atom. The molecule has 2 unspecified atom stereocenters. The number of likely N-dealkylation sites (tertiary alicyclic amines) is 1. The predicted octanol–water partition coefficient (Wildman–Crippen LogP) is 3.62. The number of halogens is 3. The van der Waals surface area contributed by atoms with E-state index in [0.29, 0.717) is 16.2 Å². The van der Waals surface area contributed by atoms with E-state index in [2.05, 4.69) is 40.1 Å². The fraction of sp³-hybridized carbons (Fsp3) is 0.538. The van der Waals surface area contributed by atoms with Crippen LogP contribution >= 0.6 is 15.9 Å². The monoisotopic (exact) mass is 318 g/mol. The molecule has 1 saturated heterocycles. The van der Waals surface area contributed by atoms with Gasteiger partial charge in [0.2, 0.25) is 0 Å². The third kappa shape index (κ3) is 3.01. The first-order valence-electron chi connectivity index (χ1n) is 6.08. The van der Waals surface area contributed by atoms with Crippen molar-refractivity contribution in [2.45, 2.75) is 31.8 Å². The first kappa shape index (κ1) is 13.7. The number of hydrogen-bond donors (Lipinski definition) is 1. The molecule has 2 rings (SSSR count). The van der Waals surface area contributed by atoms with Crippen LogP contribution in [0.3, 0.4) is 0 Å². The normalized spacial score (nSPS) is 25.2. The van der Waals surface area contributed by atoms with Gasteiger partial charge in [-0.15, -0.1) is 0 Å². The summed E-state index contributed by atoms with van der Waals surface area (Å²) in [5.41, 5.74) is 0.359. The first-order valence-corrected chi connectivity index (χ1v) is 6.88. The van der Waals surface area contributed by atoms with Crippen LogP contribution in [0.25, 0.3) is 0 Å². The zero-order valence-corrected chi connectivity index (χ0v) is 12.1. The summed E-state index contributed by atoms with van der Waals surface area (Å²) in [5.74, 6) is -1.12. The molecule has 5 heteroatoms. The SMILES string of the molecule is CC1CC(Nc2c(F)cc(F)cc2Br)CCN1C. The maximum absolute atomic E-state index is 13.7. The van der Waals surface area contributed by atoms with Crippen molar-refractivity contribution in [3.05, 3.63) is 28.2 Å². The van der Waals surface area contributed by atoms with E-state index in [0.717, 1.165) is 25.5 Å². The van der Waals surface area contributed by atoms with Crippen LogP contribution in [0.2, 0.25) is 0 Å². The Hall–Kier alpha value is -0.680. The molecule has 1 aromatic rings. The lowest BCUT2D eigenvalue weighted by Gasteiger charge is -2.36. The maximum atomic E-state index is 13.7. The molecule has 0 spiro atoms. The molecule has 1 heterocycles. The van der Waals surface area contributed by atoms with Crippen molar-refractivity contribution >= 4 is 21.6 Å². The summed E-state index contributed by atoms with van der Waals surface area (Å²) in [6, 6.07) is 2.89. The van der Waals surface area contributed by atoms with E-state index in [1.807, 2.05) is 0 Å². The Morgan fingerprint density at radius 3 is 2.72 bits per heavy atom. The van der Waals surface area contributed by atoms with Gasteiger partial charge in [0.1, 0.15) is 11.6 Å². The number of benzene rings is 1. The minimum absolute atomic E-state index is 0.229. The Kier molecular flexibility index (Phi) is 4.22. The van der Waals surface area contributed by atoms with Gasteiger partial charge < -0.3 is 10.2 Å². The van der Waals surface area contributed by atoms with Crippen LogP contribution in [0.1, 0.15) is 19.8 Å². The van der Waals surface area contributed by atoms with Crippen molar-refractivity contribution in [3.63, 3.8) is 0 Å². The van der Waals surface area contributed by atoms with Gasteiger partial charge in [-0.05, 0) is 48.8 Å². The standard InChI is InChI=1S/C13H17BrF2N2/c1-8-5-10(3-4-18(8)2)17-13-11(14)6-9(15)7-12(13)16/h6-8,10,17H,3-5H2,1-2H3. The molecular weight excluding hydrogens is 302 g/mol. The molecule has 0 radical (unpaired) electrons. The largest absolute Gasteiger partial charge is 0.379 e. The highest BCUT2D eigenvalue weighted by atomic mass is 79.9.